The Morgan fingerprint density at radius 3 is 2.57 bits per heavy atom. The summed E-state index contributed by atoms with van der Waals surface area (Å²) in [5.41, 5.74) is 3.09. The van der Waals surface area contributed by atoms with Crippen LogP contribution in [-0.4, -0.2) is 10.8 Å². The number of pyridine rings is 1. The molecule has 0 N–H and O–H groups in total. The van der Waals surface area contributed by atoms with Crippen LogP contribution in [0.4, 0.5) is 4.39 Å². The van der Waals surface area contributed by atoms with Crippen LogP contribution in [0.3, 0.4) is 0 Å². The van der Waals surface area contributed by atoms with E-state index in [0.29, 0.717) is 5.69 Å². The van der Waals surface area contributed by atoms with E-state index >= 15 is 0 Å². The van der Waals surface area contributed by atoms with Gasteiger partial charge >= 0.3 is 0 Å². The molecule has 2 nitrogen and oxygen atoms in total. The fourth-order valence-electron chi connectivity index (χ4n) is 2.37. The van der Waals surface area contributed by atoms with Crippen molar-refractivity contribution >= 4 is 16.7 Å². The fourth-order valence-corrected chi connectivity index (χ4v) is 2.37. The lowest BCUT2D eigenvalue weighted by Crippen LogP contribution is -2.07. The Bertz CT molecular complexity index is 809. The number of ketones is 1. The summed E-state index contributed by atoms with van der Waals surface area (Å²) in [6.07, 6.45) is 0.227. The largest absolute Gasteiger partial charge is 0.292 e. The maximum atomic E-state index is 12.9. The molecule has 0 saturated carbocycles. The van der Waals surface area contributed by atoms with E-state index in [-0.39, 0.29) is 18.0 Å². The molecule has 2 aromatic carbocycles. The Morgan fingerprint density at radius 1 is 1.10 bits per heavy atom. The standard InChI is InChI=1S/C18H14FNO/c1-12-10-17(20-16-5-3-2-4-15(12)16)18(21)11-13-6-8-14(19)9-7-13/h2-10H,11H2,1H3. The Balaban J connectivity index is 1.92. The number of carbonyl (C=O) groups excluding carboxylic acids is 1. The lowest BCUT2D eigenvalue weighted by molar-refractivity contribution is 0.0988. The number of para-hydroxylation sites is 1. The van der Waals surface area contributed by atoms with Crippen LogP contribution in [0.15, 0.2) is 54.6 Å². The number of aromatic nitrogens is 1. The van der Waals surface area contributed by atoms with Gasteiger partial charge < -0.3 is 0 Å². The van der Waals surface area contributed by atoms with E-state index in [9.17, 15) is 9.18 Å². The average molecular weight is 279 g/mol. The van der Waals surface area contributed by atoms with Crippen molar-refractivity contribution in [2.24, 2.45) is 0 Å². The second-order valence-corrected chi connectivity index (χ2v) is 5.07. The minimum atomic E-state index is -0.300. The molecule has 0 aliphatic carbocycles. The number of aryl methyl sites for hydroxylation is 1. The van der Waals surface area contributed by atoms with Gasteiger partial charge in [-0.25, -0.2) is 9.37 Å². The highest BCUT2D eigenvalue weighted by Crippen LogP contribution is 2.18. The van der Waals surface area contributed by atoms with Crippen LogP contribution in [0.5, 0.6) is 0 Å². The van der Waals surface area contributed by atoms with E-state index in [4.69, 9.17) is 0 Å². The fraction of sp³-hybridized carbons (Fsp3) is 0.111. The molecule has 3 aromatic rings. The zero-order valence-corrected chi connectivity index (χ0v) is 11.6. The Labute approximate surface area is 122 Å². The molecule has 0 bridgehead atoms. The summed E-state index contributed by atoms with van der Waals surface area (Å²) in [5.74, 6) is -0.360. The van der Waals surface area contributed by atoms with E-state index in [0.717, 1.165) is 22.0 Å². The van der Waals surface area contributed by atoms with E-state index < -0.39 is 0 Å². The van der Waals surface area contributed by atoms with Gasteiger partial charge in [0.2, 0.25) is 0 Å². The summed E-state index contributed by atoms with van der Waals surface area (Å²) < 4.78 is 12.9. The van der Waals surface area contributed by atoms with Gasteiger partial charge in [0.25, 0.3) is 0 Å². The van der Waals surface area contributed by atoms with Gasteiger partial charge in [-0.15, -0.1) is 0 Å². The zero-order chi connectivity index (χ0) is 14.8. The molecule has 0 aliphatic heterocycles. The SMILES string of the molecule is Cc1cc(C(=O)Cc2ccc(F)cc2)nc2ccccc12. The molecular weight excluding hydrogens is 265 g/mol. The van der Waals surface area contributed by atoms with E-state index in [2.05, 4.69) is 4.98 Å². The summed E-state index contributed by atoms with van der Waals surface area (Å²) in [6, 6.07) is 15.5. The van der Waals surface area contributed by atoms with Crippen molar-refractivity contribution in [3.63, 3.8) is 0 Å². The van der Waals surface area contributed by atoms with Crippen molar-refractivity contribution in [3.8, 4) is 0 Å². The molecule has 1 aromatic heterocycles. The van der Waals surface area contributed by atoms with Gasteiger partial charge in [-0.3, -0.25) is 4.79 Å². The number of hydrogen-bond acceptors (Lipinski definition) is 2. The van der Waals surface area contributed by atoms with Crippen molar-refractivity contribution in [2.75, 3.05) is 0 Å². The molecule has 3 rings (SSSR count). The second kappa shape index (κ2) is 5.44. The van der Waals surface area contributed by atoms with Crippen molar-refractivity contribution in [3.05, 3.63) is 77.2 Å². The topological polar surface area (TPSA) is 30.0 Å². The van der Waals surface area contributed by atoms with Gasteiger partial charge in [-0.05, 0) is 42.3 Å². The smallest absolute Gasteiger partial charge is 0.185 e. The van der Waals surface area contributed by atoms with Crippen molar-refractivity contribution in [1.29, 1.82) is 0 Å². The Morgan fingerprint density at radius 2 is 1.81 bits per heavy atom. The van der Waals surface area contributed by atoms with Gasteiger partial charge in [-0.2, -0.15) is 0 Å². The van der Waals surface area contributed by atoms with E-state index in [1.165, 1.54) is 12.1 Å². The molecule has 1 heterocycles. The van der Waals surface area contributed by atoms with Crippen LogP contribution in [0.2, 0.25) is 0 Å². The summed E-state index contributed by atoms with van der Waals surface area (Å²) in [6.45, 7) is 1.97. The third-order valence-electron chi connectivity index (χ3n) is 3.49. The lowest BCUT2D eigenvalue weighted by Gasteiger charge is -2.06. The van der Waals surface area contributed by atoms with Gasteiger partial charge in [0.15, 0.2) is 5.78 Å². The monoisotopic (exact) mass is 279 g/mol. The van der Waals surface area contributed by atoms with Crippen LogP contribution < -0.4 is 0 Å². The number of Topliss-reactive ketones (excluding diaryl/α,β-unsaturated/α-hetero) is 1. The van der Waals surface area contributed by atoms with Gasteiger partial charge in [0.05, 0.1) is 5.52 Å². The van der Waals surface area contributed by atoms with Crippen LogP contribution in [0, 0.1) is 12.7 Å². The molecule has 0 spiro atoms. The normalized spacial score (nSPS) is 10.8. The van der Waals surface area contributed by atoms with Crippen LogP contribution in [0.25, 0.3) is 10.9 Å². The number of rotatable bonds is 3. The highest BCUT2D eigenvalue weighted by molar-refractivity contribution is 5.98. The first-order valence-corrected chi connectivity index (χ1v) is 6.77. The third kappa shape index (κ3) is 2.82. The average Bonchev–Trinajstić information content (AvgIpc) is 2.49. The summed E-state index contributed by atoms with van der Waals surface area (Å²) in [4.78, 5) is 16.8. The molecule has 0 fully saturated rings. The van der Waals surface area contributed by atoms with Crippen molar-refractivity contribution < 1.29 is 9.18 Å². The quantitative estimate of drug-likeness (QED) is 0.675. The first-order valence-electron chi connectivity index (χ1n) is 6.77. The van der Waals surface area contributed by atoms with Crippen molar-refractivity contribution in [1.82, 2.24) is 4.98 Å². The molecule has 0 unspecified atom stereocenters. The molecule has 0 aliphatic rings. The molecular formula is C18H14FNO. The number of benzene rings is 2. The molecule has 0 amide bonds. The highest BCUT2D eigenvalue weighted by atomic mass is 19.1. The summed E-state index contributed by atoms with van der Waals surface area (Å²) in [5, 5.41) is 1.05. The molecule has 0 saturated heterocycles. The number of nitrogens with zero attached hydrogens (tertiary/aromatic N) is 1. The maximum absolute atomic E-state index is 12.9. The van der Waals surface area contributed by atoms with Crippen LogP contribution in [0.1, 0.15) is 21.6 Å². The first kappa shape index (κ1) is 13.4. The minimum absolute atomic E-state index is 0.0598. The third-order valence-corrected chi connectivity index (χ3v) is 3.49. The van der Waals surface area contributed by atoms with Crippen LogP contribution >= 0.6 is 0 Å². The van der Waals surface area contributed by atoms with Crippen molar-refractivity contribution in [2.45, 2.75) is 13.3 Å². The number of fused-ring (bicyclic) bond motifs is 1. The number of carbonyl (C=O) groups is 1. The van der Waals surface area contributed by atoms with Crippen LogP contribution in [-0.2, 0) is 6.42 Å². The van der Waals surface area contributed by atoms with E-state index in [1.807, 2.05) is 37.3 Å². The molecule has 21 heavy (non-hydrogen) atoms. The molecule has 104 valence electrons. The summed E-state index contributed by atoms with van der Waals surface area (Å²) in [7, 11) is 0. The minimum Gasteiger partial charge on any atom is -0.292 e. The van der Waals surface area contributed by atoms with Gasteiger partial charge in [0.1, 0.15) is 11.5 Å². The highest BCUT2D eigenvalue weighted by Gasteiger charge is 2.11. The van der Waals surface area contributed by atoms with Gasteiger partial charge in [0, 0.05) is 11.8 Å². The predicted molar refractivity (Wildman–Crippen MR) is 80.9 cm³/mol. The molecule has 0 radical (unpaired) electrons. The lowest BCUT2D eigenvalue weighted by atomic mass is 10.0. The molecule has 3 heteroatoms. The number of halogens is 1. The Hall–Kier alpha value is -2.55. The van der Waals surface area contributed by atoms with E-state index in [1.54, 1.807) is 12.1 Å². The second-order valence-electron chi connectivity index (χ2n) is 5.07. The van der Waals surface area contributed by atoms with Gasteiger partial charge in [-0.1, -0.05) is 30.3 Å². The number of hydrogen-bond donors (Lipinski definition) is 0. The first-order chi connectivity index (χ1) is 10.1. The maximum Gasteiger partial charge on any atom is 0.185 e. The summed E-state index contributed by atoms with van der Waals surface area (Å²) >= 11 is 0. The Kier molecular flexibility index (Phi) is 3.48. The zero-order valence-electron chi connectivity index (χ0n) is 11.6. The predicted octanol–water partition coefficient (Wildman–Crippen LogP) is 4.11. The molecule has 0 atom stereocenters.